The highest BCUT2D eigenvalue weighted by Crippen LogP contribution is 2.31. The number of aryl methyl sites for hydroxylation is 1. The summed E-state index contributed by atoms with van der Waals surface area (Å²) in [6.07, 6.45) is 2.12. The summed E-state index contributed by atoms with van der Waals surface area (Å²) >= 11 is 0. The lowest BCUT2D eigenvalue weighted by Gasteiger charge is -2.28. The van der Waals surface area contributed by atoms with Gasteiger partial charge in [-0.25, -0.2) is 4.79 Å². The van der Waals surface area contributed by atoms with Crippen LogP contribution in [0.1, 0.15) is 24.5 Å². The van der Waals surface area contributed by atoms with E-state index in [1.807, 2.05) is 25.2 Å². The van der Waals surface area contributed by atoms with Crippen LogP contribution in [0.25, 0.3) is 0 Å². The lowest BCUT2D eigenvalue weighted by Crippen LogP contribution is -2.42. The van der Waals surface area contributed by atoms with Crippen LogP contribution in [0.4, 0.5) is 16.2 Å². The van der Waals surface area contributed by atoms with Crippen LogP contribution < -0.4 is 20.3 Å². The molecule has 4 rings (SSSR count). The predicted molar refractivity (Wildman–Crippen MR) is 117 cm³/mol. The zero-order valence-corrected chi connectivity index (χ0v) is 17.9. The molecule has 2 N–H and O–H groups in total. The van der Waals surface area contributed by atoms with Gasteiger partial charge in [-0.1, -0.05) is 18.2 Å². The first kappa shape index (κ1) is 20.7. The zero-order chi connectivity index (χ0) is 22.2. The van der Waals surface area contributed by atoms with Gasteiger partial charge in [-0.3, -0.25) is 14.5 Å². The van der Waals surface area contributed by atoms with Gasteiger partial charge in [-0.2, -0.15) is 0 Å². The molecule has 0 aliphatic carbocycles. The number of carbonyl (C=O) groups excluding carboxylic acids is 3. The van der Waals surface area contributed by atoms with Gasteiger partial charge in [0.1, 0.15) is 17.8 Å². The number of ether oxygens (including phenoxy) is 1. The molecule has 2 aromatic carbocycles. The summed E-state index contributed by atoms with van der Waals surface area (Å²) < 4.78 is 5.15. The number of benzene rings is 2. The highest BCUT2D eigenvalue weighted by molar-refractivity contribution is 6.10. The Balaban J connectivity index is 1.46. The molecule has 8 nitrogen and oxygen atoms in total. The summed E-state index contributed by atoms with van der Waals surface area (Å²) in [7, 11) is 3.58. The molecule has 0 saturated carbocycles. The number of rotatable bonds is 5. The second kappa shape index (κ2) is 7.94. The van der Waals surface area contributed by atoms with Crippen molar-refractivity contribution in [2.75, 3.05) is 37.5 Å². The second-order valence-electron chi connectivity index (χ2n) is 8.09. The van der Waals surface area contributed by atoms with Crippen molar-refractivity contribution >= 4 is 29.2 Å². The maximum Gasteiger partial charge on any atom is 0.325 e. The zero-order valence-electron chi connectivity index (χ0n) is 17.9. The monoisotopic (exact) mass is 422 g/mol. The van der Waals surface area contributed by atoms with Gasteiger partial charge in [0.15, 0.2) is 0 Å². The molecule has 2 heterocycles. The normalized spacial score (nSPS) is 20.4. The molecule has 4 amide bonds. The minimum absolute atomic E-state index is 0.358. The molecule has 0 bridgehead atoms. The van der Waals surface area contributed by atoms with Gasteiger partial charge in [-0.05, 0) is 55.2 Å². The fourth-order valence-corrected chi connectivity index (χ4v) is 4.14. The molecule has 1 fully saturated rings. The minimum Gasteiger partial charge on any atom is -0.497 e. The van der Waals surface area contributed by atoms with Crippen molar-refractivity contribution in [3.05, 3.63) is 53.6 Å². The Morgan fingerprint density at radius 1 is 1.19 bits per heavy atom. The van der Waals surface area contributed by atoms with Crippen molar-refractivity contribution in [2.24, 2.45) is 0 Å². The van der Waals surface area contributed by atoms with Gasteiger partial charge in [-0.15, -0.1) is 0 Å². The molecule has 2 aromatic rings. The number of anilines is 2. The van der Waals surface area contributed by atoms with Gasteiger partial charge in [0.25, 0.3) is 5.91 Å². The van der Waals surface area contributed by atoms with Gasteiger partial charge in [0.2, 0.25) is 5.91 Å². The molecule has 31 heavy (non-hydrogen) atoms. The maximum absolute atomic E-state index is 13.0. The van der Waals surface area contributed by atoms with Gasteiger partial charge in [0.05, 0.1) is 7.11 Å². The van der Waals surface area contributed by atoms with E-state index in [2.05, 4.69) is 15.5 Å². The number of imide groups is 1. The van der Waals surface area contributed by atoms with Gasteiger partial charge < -0.3 is 20.3 Å². The molecule has 0 aromatic heterocycles. The summed E-state index contributed by atoms with van der Waals surface area (Å²) in [6, 6.07) is 12.1. The second-order valence-corrected chi connectivity index (χ2v) is 8.09. The van der Waals surface area contributed by atoms with Crippen molar-refractivity contribution in [2.45, 2.75) is 25.3 Å². The van der Waals surface area contributed by atoms with Crippen LogP contribution in [0.2, 0.25) is 0 Å². The average molecular weight is 422 g/mol. The molecule has 2 aliphatic heterocycles. The number of hydrogen-bond donors (Lipinski definition) is 2. The third kappa shape index (κ3) is 3.81. The van der Waals surface area contributed by atoms with Crippen LogP contribution in [-0.4, -0.2) is 50.0 Å². The summed E-state index contributed by atoms with van der Waals surface area (Å²) in [5.41, 5.74) is 2.36. The van der Waals surface area contributed by atoms with Crippen LogP contribution in [0.15, 0.2) is 42.5 Å². The Morgan fingerprint density at radius 3 is 2.65 bits per heavy atom. The Labute approximate surface area is 181 Å². The molecule has 0 spiro atoms. The molecular weight excluding hydrogens is 396 g/mol. The van der Waals surface area contributed by atoms with E-state index in [0.29, 0.717) is 17.0 Å². The number of urea groups is 1. The molecule has 1 unspecified atom stereocenters. The molecule has 1 atom stereocenters. The Morgan fingerprint density at radius 2 is 1.94 bits per heavy atom. The van der Waals surface area contributed by atoms with Crippen molar-refractivity contribution in [1.29, 1.82) is 0 Å². The molecule has 2 aliphatic rings. The number of carbonyl (C=O) groups is 3. The van der Waals surface area contributed by atoms with E-state index in [9.17, 15) is 14.4 Å². The number of amides is 4. The predicted octanol–water partition coefficient (Wildman–Crippen LogP) is 2.48. The maximum atomic E-state index is 13.0. The number of nitrogens with zero attached hydrogens (tertiary/aromatic N) is 2. The quantitative estimate of drug-likeness (QED) is 0.723. The van der Waals surface area contributed by atoms with E-state index in [-0.39, 0.29) is 6.54 Å². The van der Waals surface area contributed by atoms with Crippen LogP contribution >= 0.6 is 0 Å². The van der Waals surface area contributed by atoms with E-state index in [1.54, 1.807) is 38.3 Å². The standard InChI is InChI=1S/C23H26N4O4/c1-23(16-7-10-18(31-3)11-8-16)21(29)27(22(30)25-23)14-20(28)24-17-9-6-15-5-4-12-26(2)19(15)13-17/h6-11,13H,4-5,12,14H2,1-3H3,(H,24,28)(H,25,30). The van der Waals surface area contributed by atoms with Crippen LogP contribution in [-0.2, 0) is 21.5 Å². The molecule has 1 saturated heterocycles. The van der Waals surface area contributed by atoms with Crippen LogP contribution in [0.3, 0.4) is 0 Å². The minimum atomic E-state index is -1.24. The average Bonchev–Trinajstić information content (AvgIpc) is 2.98. The Kier molecular flexibility index (Phi) is 5.31. The van der Waals surface area contributed by atoms with Crippen molar-refractivity contribution in [1.82, 2.24) is 10.2 Å². The third-order valence-corrected chi connectivity index (χ3v) is 5.96. The topological polar surface area (TPSA) is 91.0 Å². The number of nitrogens with one attached hydrogen (secondary N) is 2. The lowest BCUT2D eigenvalue weighted by atomic mass is 9.92. The molecule has 8 heteroatoms. The first-order chi connectivity index (χ1) is 14.8. The third-order valence-electron chi connectivity index (χ3n) is 5.96. The highest BCUT2D eigenvalue weighted by atomic mass is 16.5. The van der Waals surface area contributed by atoms with Crippen LogP contribution in [0.5, 0.6) is 5.75 Å². The Hall–Kier alpha value is -3.55. The summed E-state index contributed by atoms with van der Waals surface area (Å²) in [5.74, 6) is -0.250. The fourth-order valence-electron chi connectivity index (χ4n) is 4.14. The van der Waals surface area contributed by atoms with Crippen molar-refractivity contribution in [3.63, 3.8) is 0 Å². The Bertz CT molecular complexity index is 1040. The smallest absolute Gasteiger partial charge is 0.325 e. The van der Waals surface area contributed by atoms with E-state index >= 15 is 0 Å². The number of hydrogen-bond acceptors (Lipinski definition) is 5. The van der Waals surface area contributed by atoms with Gasteiger partial charge >= 0.3 is 6.03 Å². The van der Waals surface area contributed by atoms with E-state index in [4.69, 9.17) is 4.74 Å². The SMILES string of the molecule is COc1ccc(C2(C)NC(=O)N(CC(=O)Nc3ccc4c(c3)N(C)CCC4)C2=O)cc1. The molecular formula is C23H26N4O4. The van der Waals surface area contributed by atoms with E-state index in [0.717, 1.165) is 30.0 Å². The van der Waals surface area contributed by atoms with Gasteiger partial charge in [0, 0.05) is 25.0 Å². The first-order valence-electron chi connectivity index (χ1n) is 10.2. The summed E-state index contributed by atoms with van der Waals surface area (Å²) in [5, 5.41) is 5.52. The largest absolute Gasteiger partial charge is 0.497 e. The fraction of sp³-hybridized carbons (Fsp3) is 0.348. The van der Waals surface area contributed by atoms with E-state index in [1.165, 1.54) is 5.56 Å². The first-order valence-corrected chi connectivity index (χ1v) is 10.2. The molecule has 0 radical (unpaired) electrons. The van der Waals surface area contributed by atoms with E-state index < -0.39 is 23.4 Å². The van der Waals surface area contributed by atoms with Crippen molar-refractivity contribution < 1.29 is 19.1 Å². The summed E-state index contributed by atoms with van der Waals surface area (Å²) in [6.45, 7) is 2.24. The molecule has 162 valence electrons. The van der Waals surface area contributed by atoms with Crippen LogP contribution in [0, 0.1) is 0 Å². The summed E-state index contributed by atoms with van der Waals surface area (Å²) in [4.78, 5) is 41.3. The number of methoxy groups -OCH3 is 1. The van der Waals surface area contributed by atoms with Crippen molar-refractivity contribution in [3.8, 4) is 5.75 Å². The number of fused-ring (bicyclic) bond motifs is 1. The lowest BCUT2D eigenvalue weighted by molar-refractivity contribution is -0.133. The highest BCUT2D eigenvalue weighted by Gasteiger charge is 2.49.